The molecule has 48 valence electrons. The Morgan fingerprint density at radius 3 is 1.14 bits per heavy atom. The Hall–Kier alpha value is 1.79. The third-order valence-corrected chi connectivity index (χ3v) is 0. The van der Waals surface area contributed by atoms with Gasteiger partial charge in [-0.25, -0.2) is 0 Å². The third kappa shape index (κ3) is 81.6. The maximum absolute atomic E-state index is 4.34. The zero-order valence-corrected chi connectivity index (χ0v) is 9.26. The number of hydrogen-bond acceptors (Lipinski definition) is 4. The fourth-order valence-electron chi connectivity index (χ4n) is 0. The van der Waals surface area contributed by atoms with Gasteiger partial charge in [-0.05, 0) is 0 Å². The van der Waals surface area contributed by atoms with Gasteiger partial charge in [-0.15, -0.1) is 0 Å². The number of hydrogen-bond donors (Lipinski definition) is 1. The van der Waals surface area contributed by atoms with Gasteiger partial charge in [0.15, 0.2) is 0 Å². The van der Waals surface area contributed by atoms with Crippen LogP contribution in [0, 0.1) is 0 Å². The van der Waals surface area contributed by atoms with Crippen molar-refractivity contribution < 1.29 is 20.7 Å². The summed E-state index contributed by atoms with van der Waals surface area (Å²) in [5, 5.41) is 0. The third-order valence-electron chi connectivity index (χ3n) is 0. The Balaban J connectivity index is -0.0000000105. The Kier molecular flexibility index (Phi) is 153. The van der Waals surface area contributed by atoms with Crippen molar-refractivity contribution in [1.82, 2.24) is 0 Å². The van der Waals surface area contributed by atoms with Gasteiger partial charge in [-0.2, -0.15) is 0 Å². The van der Waals surface area contributed by atoms with Gasteiger partial charge in [-0.1, -0.05) is 0 Å². The van der Waals surface area contributed by atoms with E-state index in [4.69, 9.17) is 0 Å². The summed E-state index contributed by atoms with van der Waals surface area (Å²) in [6.07, 6.45) is 0. The maximum atomic E-state index is 4.34. The molecule has 0 aliphatic heterocycles. The van der Waals surface area contributed by atoms with Crippen LogP contribution in [0.3, 0.4) is 0 Å². The van der Waals surface area contributed by atoms with Gasteiger partial charge in [-0.3, -0.25) is 0 Å². The summed E-state index contributed by atoms with van der Waals surface area (Å²) < 4.78 is 0. The van der Waals surface area contributed by atoms with E-state index in [0.29, 0.717) is 0 Å². The van der Waals surface area contributed by atoms with Gasteiger partial charge in [0.25, 0.3) is 0 Å². The van der Waals surface area contributed by atoms with Crippen molar-refractivity contribution in [3.05, 3.63) is 0 Å². The molecule has 0 aromatic rings. The first kappa shape index (κ1) is 23.3. The van der Waals surface area contributed by atoms with E-state index < -0.39 is 0 Å². The van der Waals surface area contributed by atoms with Crippen molar-refractivity contribution in [3.63, 3.8) is 0 Å². The van der Waals surface area contributed by atoms with Crippen LogP contribution in [0.15, 0.2) is 0 Å². The minimum atomic E-state index is -0.363. The molecule has 0 spiro atoms. The standard InChI is InChI=1S/CH5N.Mo.2H2S.2S/c1-2;;;;;/h2H2,1H3;;2*1H2;;/p-1. The predicted octanol–water partition coefficient (Wildman–Crippen LogP) is -0.388. The zero-order valence-electron chi connectivity index (χ0n) is 3.83. The molecule has 3 N–H and O–H groups in total. The second kappa shape index (κ2) is 46.2. The molecule has 0 saturated heterocycles. The second-order valence-electron chi connectivity index (χ2n) is 0.0680. The normalized spacial score (nSPS) is 2.57. The molecule has 0 heterocycles. The Labute approximate surface area is 73.7 Å². The van der Waals surface area contributed by atoms with Crippen molar-refractivity contribution in [2.75, 3.05) is 7.05 Å². The predicted molar refractivity (Wildman–Crippen MR) is 41.5 cm³/mol. The van der Waals surface area contributed by atoms with Gasteiger partial charge in [0, 0.05) is 0 Å². The molecule has 0 unspecified atom stereocenters. The Morgan fingerprint density at radius 1 is 1.14 bits per heavy atom. The van der Waals surface area contributed by atoms with Gasteiger partial charge < -0.3 is 32.7 Å². The summed E-state index contributed by atoms with van der Waals surface area (Å²) in [7, 11) is 10.4. The SMILES string of the molecule is C[NH3+].[SH-].[SH-].[S]=[Mo]=[S]. The van der Waals surface area contributed by atoms with E-state index in [0.717, 1.165) is 0 Å². The minimum absolute atomic E-state index is 0. The van der Waals surface area contributed by atoms with Gasteiger partial charge >= 0.3 is 34.6 Å². The van der Waals surface area contributed by atoms with E-state index >= 15 is 0 Å². The molecule has 0 radical (unpaired) electrons. The van der Waals surface area contributed by atoms with Crippen molar-refractivity contribution in [1.29, 1.82) is 0 Å². The van der Waals surface area contributed by atoms with E-state index in [-0.39, 0.29) is 41.9 Å². The monoisotopic (exact) mass is 260 g/mol. The summed E-state index contributed by atoms with van der Waals surface area (Å²) in [5.41, 5.74) is 3.25. The molecule has 0 aromatic carbocycles. The second-order valence-corrected chi connectivity index (χ2v) is 3.62. The number of quaternary nitrogens is 1. The summed E-state index contributed by atoms with van der Waals surface area (Å²) in [6, 6.07) is 0. The first-order valence-electron chi connectivity index (χ1n) is 1.04. The molecule has 0 aliphatic rings. The van der Waals surface area contributed by atoms with E-state index in [1.54, 1.807) is 7.05 Å². The molecule has 7 heavy (non-hydrogen) atoms. The molecular formula is CH8MoNS4-. The van der Waals surface area contributed by atoms with Crippen molar-refractivity contribution in [2.24, 2.45) is 0 Å². The Bertz CT molecular complexity index is 32.7. The van der Waals surface area contributed by atoms with Crippen LogP contribution in [0.25, 0.3) is 0 Å². The van der Waals surface area contributed by atoms with Crippen LogP contribution in [0.4, 0.5) is 0 Å². The van der Waals surface area contributed by atoms with E-state index in [1.807, 2.05) is 0 Å². The zero-order chi connectivity index (χ0) is 4.71. The molecule has 0 aliphatic carbocycles. The van der Waals surface area contributed by atoms with Crippen LogP contribution in [-0.2, 0) is 41.9 Å². The molecule has 0 atom stereocenters. The molecular weight excluding hydrogens is 250 g/mol. The van der Waals surface area contributed by atoms with E-state index in [9.17, 15) is 0 Å². The summed E-state index contributed by atoms with van der Waals surface area (Å²) >= 11 is -0.363. The molecule has 1 nitrogen and oxygen atoms in total. The molecule has 6 heteroatoms. The van der Waals surface area contributed by atoms with Gasteiger partial charge in [0.2, 0.25) is 0 Å². The fourth-order valence-corrected chi connectivity index (χ4v) is 0. The first-order valence-corrected chi connectivity index (χ1v) is 6.62. The quantitative estimate of drug-likeness (QED) is 0.364. The molecule has 0 amide bonds. The van der Waals surface area contributed by atoms with E-state index in [2.05, 4.69) is 25.4 Å². The average Bonchev–Trinajstić information content (AvgIpc) is 1.46. The first-order chi connectivity index (χ1) is 2.41. The van der Waals surface area contributed by atoms with E-state index in [1.165, 1.54) is 0 Å². The van der Waals surface area contributed by atoms with Crippen LogP contribution in [0.2, 0.25) is 0 Å². The van der Waals surface area contributed by atoms with Crippen LogP contribution in [-0.4, -0.2) is 7.05 Å². The number of thiol groups is 2. The van der Waals surface area contributed by atoms with Crippen LogP contribution in [0.5, 0.6) is 0 Å². The van der Waals surface area contributed by atoms with Crippen molar-refractivity contribution in [3.8, 4) is 0 Å². The van der Waals surface area contributed by atoms with Crippen molar-refractivity contribution >= 4 is 46.6 Å². The molecule has 0 aromatic heterocycles. The average molecular weight is 258 g/mol. The van der Waals surface area contributed by atoms with Crippen molar-refractivity contribution in [2.45, 2.75) is 0 Å². The molecule has 0 fully saturated rings. The van der Waals surface area contributed by atoms with Crippen LogP contribution < -0.4 is 5.73 Å². The summed E-state index contributed by atoms with van der Waals surface area (Å²) in [6.45, 7) is 0. The summed E-state index contributed by atoms with van der Waals surface area (Å²) in [4.78, 5) is 0. The summed E-state index contributed by atoms with van der Waals surface area (Å²) in [5.74, 6) is 0. The number of rotatable bonds is 0. The molecule has 0 bridgehead atoms. The van der Waals surface area contributed by atoms with Gasteiger partial charge in [0.05, 0.1) is 7.05 Å². The fraction of sp³-hybridized carbons (Fsp3) is 1.00. The molecule has 0 saturated carbocycles. The molecule has 0 rings (SSSR count). The van der Waals surface area contributed by atoms with Crippen LogP contribution >= 0.6 is 19.6 Å². The Morgan fingerprint density at radius 2 is 1.14 bits per heavy atom. The topological polar surface area (TPSA) is 27.6 Å². The van der Waals surface area contributed by atoms with Gasteiger partial charge in [0.1, 0.15) is 0 Å². The van der Waals surface area contributed by atoms with Crippen LogP contribution in [0.1, 0.15) is 0 Å².